The standard InChI is InChI=1S/C16H15NO2S2/c1-3-17-15(18)14(21-16(17)20)9-12-8-11-6-4-5-7-13(11)19-10(12)2/h4-10H,3H2,1-2H3/b14-9+. The first-order valence-electron chi connectivity index (χ1n) is 6.82. The van der Waals surface area contributed by atoms with Gasteiger partial charge in [-0.15, -0.1) is 0 Å². The van der Waals surface area contributed by atoms with E-state index in [9.17, 15) is 4.79 Å². The molecule has 1 aromatic carbocycles. The van der Waals surface area contributed by atoms with Crippen LogP contribution in [0.25, 0.3) is 6.08 Å². The number of rotatable bonds is 2. The van der Waals surface area contributed by atoms with Crippen molar-refractivity contribution in [3.05, 3.63) is 46.4 Å². The van der Waals surface area contributed by atoms with Crippen molar-refractivity contribution in [2.45, 2.75) is 20.0 Å². The van der Waals surface area contributed by atoms with Crippen LogP contribution in [0.2, 0.25) is 0 Å². The normalized spacial score (nSPS) is 23.1. The molecule has 5 heteroatoms. The lowest BCUT2D eigenvalue weighted by molar-refractivity contribution is -0.122. The summed E-state index contributed by atoms with van der Waals surface area (Å²) >= 11 is 6.59. The number of thioether (sulfide) groups is 1. The molecule has 2 aliphatic heterocycles. The van der Waals surface area contributed by atoms with Gasteiger partial charge in [-0.25, -0.2) is 0 Å². The van der Waals surface area contributed by atoms with E-state index in [4.69, 9.17) is 17.0 Å². The van der Waals surface area contributed by atoms with Crippen LogP contribution >= 0.6 is 24.0 Å². The van der Waals surface area contributed by atoms with Gasteiger partial charge >= 0.3 is 0 Å². The molecule has 21 heavy (non-hydrogen) atoms. The third-order valence-electron chi connectivity index (χ3n) is 3.50. The molecule has 0 spiro atoms. The lowest BCUT2D eigenvalue weighted by Gasteiger charge is -2.23. The summed E-state index contributed by atoms with van der Waals surface area (Å²) in [6.45, 7) is 4.52. The lowest BCUT2D eigenvalue weighted by Crippen LogP contribution is -2.27. The highest BCUT2D eigenvalue weighted by atomic mass is 32.2. The maximum atomic E-state index is 12.3. The van der Waals surface area contributed by atoms with Crippen LogP contribution in [0.3, 0.4) is 0 Å². The van der Waals surface area contributed by atoms with Crippen molar-refractivity contribution in [1.29, 1.82) is 0 Å². The predicted octanol–water partition coefficient (Wildman–Crippen LogP) is 3.62. The van der Waals surface area contributed by atoms with Crippen LogP contribution in [-0.2, 0) is 4.79 Å². The fraction of sp³-hybridized carbons (Fsp3) is 0.250. The Balaban J connectivity index is 1.95. The molecule has 3 rings (SSSR count). The van der Waals surface area contributed by atoms with Crippen LogP contribution in [0.5, 0.6) is 5.75 Å². The topological polar surface area (TPSA) is 29.5 Å². The van der Waals surface area contributed by atoms with Gasteiger partial charge in [0.1, 0.15) is 16.2 Å². The molecular weight excluding hydrogens is 302 g/mol. The molecule has 1 unspecified atom stereocenters. The molecule has 1 fully saturated rings. The van der Waals surface area contributed by atoms with Gasteiger partial charge in [-0.1, -0.05) is 42.2 Å². The smallest absolute Gasteiger partial charge is 0.266 e. The fourth-order valence-corrected chi connectivity index (χ4v) is 3.73. The van der Waals surface area contributed by atoms with Crippen LogP contribution in [0.4, 0.5) is 0 Å². The number of benzene rings is 1. The van der Waals surface area contributed by atoms with E-state index in [1.165, 1.54) is 11.8 Å². The first-order valence-corrected chi connectivity index (χ1v) is 8.05. The minimum absolute atomic E-state index is 0.0144. The number of fused-ring (bicyclic) bond motifs is 1. The average molecular weight is 317 g/mol. The van der Waals surface area contributed by atoms with E-state index in [1.807, 2.05) is 44.2 Å². The number of para-hydroxylation sites is 1. The van der Waals surface area contributed by atoms with Gasteiger partial charge in [0.2, 0.25) is 0 Å². The Bertz CT molecular complexity index is 679. The molecule has 1 saturated heterocycles. The number of carbonyl (C=O) groups excluding carboxylic acids is 1. The summed E-state index contributed by atoms with van der Waals surface area (Å²) in [6.07, 6.45) is 3.89. The highest BCUT2D eigenvalue weighted by molar-refractivity contribution is 8.26. The van der Waals surface area contributed by atoms with Gasteiger partial charge in [0.05, 0.1) is 4.91 Å². The summed E-state index contributed by atoms with van der Waals surface area (Å²) in [5.74, 6) is 0.864. The summed E-state index contributed by atoms with van der Waals surface area (Å²) < 4.78 is 6.51. The van der Waals surface area contributed by atoms with Crippen LogP contribution in [0, 0.1) is 0 Å². The van der Waals surface area contributed by atoms with Crippen LogP contribution < -0.4 is 4.74 Å². The van der Waals surface area contributed by atoms with E-state index in [2.05, 4.69) is 6.08 Å². The molecule has 1 aromatic rings. The van der Waals surface area contributed by atoms with Crippen LogP contribution in [0.1, 0.15) is 19.4 Å². The number of thiocarbonyl (C=S) groups is 1. The minimum Gasteiger partial charge on any atom is -0.485 e. The Labute approximate surface area is 133 Å². The molecule has 0 aliphatic carbocycles. The second-order valence-corrected chi connectivity index (χ2v) is 6.54. The Kier molecular flexibility index (Phi) is 3.87. The van der Waals surface area contributed by atoms with Crippen LogP contribution in [-0.4, -0.2) is 27.8 Å². The summed E-state index contributed by atoms with van der Waals surface area (Å²) in [7, 11) is 0. The summed E-state index contributed by atoms with van der Waals surface area (Å²) in [6, 6.07) is 7.89. The first-order chi connectivity index (χ1) is 10.1. The van der Waals surface area contributed by atoms with Crippen molar-refractivity contribution in [3.63, 3.8) is 0 Å². The lowest BCUT2D eigenvalue weighted by atomic mass is 10.0. The average Bonchev–Trinajstić information content (AvgIpc) is 2.73. The second-order valence-electron chi connectivity index (χ2n) is 4.87. The largest absolute Gasteiger partial charge is 0.485 e. The predicted molar refractivity (Wildman–Crippen MR) is 90.2 cm³/mol. The molecule has 0 bridgehead atoms. The molecular formula is C16H15NO2S2. The van der Waals surface area contributed by atoms with E-state index in [1.54, 1.807) is 4.90 Å². The third kappa shape index (κ3) is 2.63. The highest BCUT2D eigenvalue weighted by Gasteiger charge is 2.31. The molecule has 1 atom stereocenters. The van der Waals surface area contributed by atoms with Crippen molar-refractivity contribution in [1.82, 2.24) is 4.90 Å². The molecule has 0 saturated carbocycles. The molecule has 1 amide bonds. The molecule has 0 N–H and O–H groups in total. The fourth-order valence-electron chi connectivity index (χ4n) is 2.35. The molecule has 2 aliphatic rings. The van der Waals surface area contributed by atoms with Crippen molar-refractivity contribution < 1.29 is 9.53 Å². The Morgan fingerprint density at radius 2 is 2.19 bits per heavy atom. The van der Waals surface area contributed by atoms with E-state index < -0.39 is 0 Å². The number of nitrogens with zero attached hydrogens (tertiary/aromatic N) is 1. The zero-order valence-electron chi connectivity index (χ0n) is 11.8. The van der Waals surface area contributed by atoms with Gasteiger partial charge in [0.25, 0.3) is 5.91 Å². The molecule has 0 aromatic heterocycles. The van der Waals surface area contributed by atoms with E-state index in [0.717, 1.165) is 16.9 Å². The van der Waals surface area contributed by atoms with Crippen molar-refractivity contribution in [2.24, 2.45) is 0 Å². The van der Waals surface area contributed by atoms with Gasteiger partial charge in [0, 0.05) is 12.1 Å². The van der Waals surface area contributed by atoms with Gasteiger partial charge in [-0.2, -0.15) is 0 Å². The summed E-state index contributed by atoms with van der Waals surface area (Å²) in [5.41, 5.74) is 2.03. The monoisotopic (exact) mass is 317 g/mol. The maximum Gasteiger partial charge on any atom is 0.266 e. The number of likely N-dealkylation sites (N-methyl/N-ethyl adjacent to an activating group) is 1. The van der Waals surface area contributed by atoms with Crippen molar-refractivity contribution in [3.8, 4) is 5.75 Å². The zero-order chi connectivity index (χ0) is 15.0. The number of carbonyl (C=O) groups is 1. The maximum absolute atomic E-state index is 12.3. The van der Waals surface area contributed by atoms with E-state index in [0.29, 0.717) is 15.8 Å². The third-order valence-corrected chi connectivity index (χ3v) is 4.88. The van der Waals surface area contributed by atoms with Gasteiger partial charge in [-0.05, 0) is 37.6 Å². The van der Waals surface area contributed by atoms with Gasteiger partial charge in [-0.3, -0.25) is 9.69 Å². The molecule has 3 nitrogen and oxygen atoms in total. The first kappa shape index (κ1) is 14.4. The highest BCUT2D eigenvalue weighted by Crippen LogP contribution is 2.35. The molecule has 108 valence electrons. The van der Waals surface area contributed by atoms with Crippen molar-refractivity contribution in [2.75, 3.05) is 6.54 Å². The minimum atomic E-state index is -0.0787. The SMILES string of the molecule is CCN1C(=O)/C(=C\C2=Cc3ccccc3OC2C)SC1=S. The van der Waals surface area contributed by atoms with Crippen molar-refractivity contribution >= 4 is 40.3 Å². The Hall–Kier alpha value is -1.59. The number of amides is 1. The Morgan fingerprint density at radius 3 is 2.90 bits per heavy atom. The number of hydrogen-bond acceptors (Lipinski definition) is 4. The second kappa shape index (κ2) is 5.66. The summed E-state index contributed by atoms with van der Waals surface area (Å²) in [5, 5.41) is 0. The molecule has 2 heterocycles. The number of ether oxygens (including phenoxy) is 1. The quantitative estimate of drug-likeness (QED) is 0.615. The van der Waals surface area contributed by atoms with E-state index >= 15 is 0 Å². The van der Waals surface area contributed by atoms with Crippen LogP contribution in [0.15, 0.2) is 40.8 Å². The van der Waals surface area contributed by atoms with E-state index in [-0.39, 0.29) is 12.0 Å². The Morgan fingerprint density at radius 1 is 1.43 bits per heavy atom. The van der Waals surface area contributed by atoms with Gasteiger partial charge < -0.3 is 4.74 Å². The summed E-state index contributed by atoms with van der Waals surface area (Å²) in [4.78, 5) is 14.5. The molecule has 0 radical (unpaired) electrons. The van der Waals surface area contributed by atoms with Gasteiger partial charge in [0.15, 0.2) is 0 Å². The zero-order valence-corrected chi connectivity index (χ0v) is 13.5. The number of hydrogen-bond donors (Lipinski definition) is 0.